The van der Waals surface area contributed by atoms with Gasteiger partial charge in [-0.3, -0.25) is 9.59 Å². The summed E-state index contributed by atoms with van der Waals surface area (Å²) in [6.07, 6.45) is 0.575. The Kier molecular flexibility index (Phi) is 7.65. The van der Waals surface area contributed by atoms with Gasteiger partial charge in [-0.25, -0.2) is 4.79 Å². The van der Waals surface area contributed by atoms with E-state index in [0.717, 1.165) is 22.3 Å². The average Bonchev–Trinajstić information content (AvgIpc) is 3.12. The molecule has 0 radical (unpaired) electrons. The van der Waals surface area contributed by atoms with Crippen LogP contribution in [-0.2, 0) is 14.3 Å². The molecule has 2 amide bonds. The third-order valence-corrected chi connectivity index (χ3v) is 5.62. The van der Waals surface area contributed by atoms with Crippen molar-refractivity contribution in [1.29, 1.82) is 0 Å². The number of hydrogen-bond acceptors (Lipinski definition) is 4. The number of carbonyl (C=O) groups excluding carboxylic acids is 2. The van der Waals surface area contributed by atoms with Crippen LogP contribution >= 0.6 is 0 Å². The lowest BCUT2D eigenvalue weighted by molar-refractivity contribution is -0.137. The van der Waals surface area contributed by atoms with Gasteiger partial charge < -0.3 is 20.1 Å². The van der Waals surface area contributed by atoms with Crippen molar-refractivity contribution in [2.24, 2.45) is 0 Å². The monoisotopic (exact) mass is 436 g/mol. The highest BCUT2D eigenvalue weighted by Crippen LogP contribution is 2.44. The molecule has 1 unspecified atom stereocenters. The van der Waals surface area contributed by atoms with Gasteiger partial charge in [0.05, 0.1) is 0 Å². The molecule has 7 heteroatoms. The molecule has 2 N–H and O–H groups in total. The van der Waals surface area contributed by atoms with E-state index in [-0.39, 0.29) is 31.3 Å². The summed E-state index contributed by atoms with van der Waals surface area (Å²) in [7, 11) is 0. The number of carboxylic acid groups (broad SMARTS) is 1. The Morgan fingerprint density at radius 2 is 1.72 bits per heavy atom. The second-order valence-corrected chi connectivity index (χ2v) is 7.62. The van der Waals surface area contributed by atoms with Gasteiger partial charge in [0.25, 0.3) is 0 Å². The summed E-state index contributed by atoms with van der Waals surface area (Å²) in [6.45, 7) is 6.29. The van der Waals surface area contributed by atoms with Crippen molar-refractivity contribution < 1.29 is 24.2 Å². The van der Waals surface area contributed by atoms with Crippen LogP contribution in [0.3, 0.4) is 0 Å². The van der Waals surface area contributed by atoms with Gasteiger partial charge in [0.2, 0.25) is 5.91 Å². The number of fused-ring (bicyclic) bond motifs is 3. The first kappa shape index (κ1) is 23.1. The van der Waals surface area contributed by atoms with E-state index < -0.39 is 18.1 Å². The van der Waals surface area contributed by atoms with Crippen molar-refractivity contribution in [2.45, 2.75) is 31.7 Å². The van der Waals surface area contributed by atoms with Gasteiger partial charge in [0.1, 0.15) is 12.6 Å². The Labute approximate surface area is 187 Å². The molecule has 2 aromatic carbocycles. The van der Waals surface area contributed by atoms with Gasteiger partial charge in [0, 0.05) is 25.4 Å². The van der Waals surface area contributed by atoms with Crippen LogP contribution in [0.5, 0.6) is 0 Å². The number of carboxylic acids is 1. The molecule has 2 aromatic rings. The maximum absolute atomic E-state index is 12.8. The molecule has 1 aliphatic carbocycles. The number of nitrogens with zero attached hydrogens (tertiary/aromatic N) is 1. The minimum Gasteiger partial charge on any atom is -0.481 e. The smallest absolute Gasteiger partial charge is 0.407 e. The number of amides is 2. The molecule has 3 rings (SSSR count). The lowest BCUT2D eigenvalue weighted by atomic mass is 9.98. The number of hydrogen-bond donors (Lipinski definition) is 2. The number of benzene rings is 2. The van der Waals surface area contributed by atoms with Crippen LogP contribution in [0.4, 0.5) is 4.79 Å². The van der Waals surface area contributed by atoms with Gasteiger partial charge in [-0.2, -0.15) is 0 Å². The third kappa shape index (κ3) is 5.17. The number of ether oxygens (including phenoxy) is 1. The third-order valence-electron chi connectivity index (χ3n) is 5.62. The molecule has 0 saturated heterocycles. The molecule has 7 nitrogen and oxygen atoms in total. The van der Waals surface area contributed by atoms with Crippen molar-refractivity contribution in [3.05, 3.63) is 72.3 Å². The van der Waals surface area contributed by atoms with Gasteiger partial charge in [-0.1, -0.05) is 54.6 Å². The fourth-order valence-corrected chi connectivity index (χ4v) is 4.06. The maximum atomic E-state index is 12.8. The predicted octanol–water partition coefficient (Wildman–Crippen LogP) is 3.79. The van der Waals surface area contributed by atoms with Gasteiger partial charge in [-0.15, -0.1) is 6.58 Å². The van der Waals surface area contributed by atoms with Crippen LogP contribution in [0.1, 0.15) is 36.8 Å². The second-order valence-electron chi connectivity index (χ2n) is 7.62. The average molecular weight is 437 g/mol. The molecule has 1 aliphatic rings. The quantitative estimate of drug-likeness (QED) is 0.553. The van der Waals surface area contributed by atoms with E-state index >= 15 is 0 Å². The lowest BCUT2D eigenvalue weighted by Gasteiger charge is -2.25. The summed E-state index contributed by atoms with van der Waals surface area (Å²) < 4.78 is 5.51. The van der Waals surface area contributed by atoms with E-state index in [0.29, 0.717) is 13.1 Å². The number of rotatable bonds is 10. The van der Waals surface area contributed by atoms with Gasteiger partial charge in [-0.05, 0) is 35.6 Å². The van der Waals surface area contributed by atoms with E-state index in [1.165, 1.54) is 4.90 Å². The zero-order valence-corrected chi connectivity index (χ0v) is 18.1. The molecule has 0 aliphatic heterocycles. The molecule has 0 saturated carbocycles. The first-order valence-corrected chi connectivity index (χ1v) is 10.7. The Bertz CT molecular complexity index is 958. The SMILES string of the molecule is C=CCN(CC)C(=O)C(CCC(=O)O)NC(=O)OCC1c2ccccc2-c2ccccc21. The first-order valence-electron chi connectivity index (χ1n) is 10.7. The zero-order chi connectivity index (χ0) is 23.1. The van der Waals surface area contributed by atoms with Crippen LogP contribution in [0, 0.1) is 0 Å². The van der Waals surface area contributed by atoms with Crippen LogP contribution in [0.15, 0.2) is 61.2 Å². The minimum atomic E-state index is -1.04. The second kappa shape index (κ2) is 10.6. The summed E-state index contributed by atoms with van der Waals surface area (Å²) in [6, 6.07) is 15.0. The summed E-state index contributed by atoms with van der Waals surface area (Å²) in [4.78, 5) is 37.9. The number of carbonyl (C=O) groups is 3. The molecule has 0 heterocycles. The molecule has 0 spiro atoms. The molecule has 168 valence electrons. The predicted molar refractivity (Wildman–Crippen MR) is 121 cm³/mol. The molecule has 0 aromatic heterocycles. The number of likely N-dealkylation sites (N-methyl/N-ethyl adjacent to an activating group) is 1. The fourth-order valence-electron chi connectivity index (χ4n) is 4.06. The van der Waals surface area contributed by atoms with Gasteiger partial charge >= 0.3 is 12.1 Å². The Balaban J connectivity index is 1.69. The summed E-state index contributed by atoms with van der Waals surface area (Å²) >= 11 is 0. The Morgan fingerprint density at radius 3 is 2.25 bits per heavy atom. The molecular weight excluding hydrogens is 408 g/mol. The normalized spacial score (nSPS) is 12.9. The van der Waals surface area contributed by atoms with E-state index in [4.69, 9.17) is 9.84 Å². The van der Waals surface area contributed by atoms with Crippen molar-refractivity contribution >= 4 is 18.0 Å². The largest absolute Gasteiger partial charge is 0.481 e. The van der Waals surface area contributed by atoms with Gasteiger partial charge in [0.15, 0.2) is 0 Å². The maximum Gasteiger partial charge on any atom is 0.407 e. The van der Waals surface area contributed by atoms with Crippen molar-refractivity contribution in [1.82, 2.24) is 10.2 Å². The molecule has 0 fully saturated rings. The Morgan fingerprint density at radius 1 is 1.12 bits per heavy atom. The van der Waals surface area contributed by atoms with Crippen LogP contribution in [0.25, 0.3) is 11.1 Å². The molecule has 1 atom stereocenters. The van der Waals surface area contributed by atoms with Crippen LogP contribution in [-0.4, -0.2) is 53.7 Å². The highest BCUT2D eigenvalue weighted by atomic mass is 16.5. The number of alkyl carbamates (subject to hydrolysis) is 1. The molecule has 0 bridgehead atoms. The summed E-state index contributed by atoms with van der Waals surface area (Å²) in [5, 5.41) is 11.6. The van der Waals surface area contributed by atoms with Crippen molar-refractivity contribution in [3.63, 3.8) is 0 Å². The first-order chi connectivity index (χ1) is 15.5. The van der Waals surface area contributed by atoms with E-state index in [2.05, 4.69) is 11.9 Å². The zero-order valence-electron chi connectivity index (χ0n) is 18.1. The summed E-state index contributed by atoms with van der Waals surface area (Å²) in [5.41, 5.74) is 4.41. The Hall–Kier alpha value is -3.61. The molecule has 32 heavy (non-hydrogen) atoms. The number of aliphatic carboxylic acids is 1. The lowest BCUT2D eigenvalue weighted by Crippen LogP contribution is -2.49. The highest BCUT2D eigenvalue weighted by Gasteiger charge is 2.30. The number of nitrogens with one attached hydrogen (secondary N) is 1. The van der Waals surface area contributed by atoms with Crippen molar-refractivity contribution in [3.8, 4) is 11.1 Å². The fraction of sp³-hybridized carbons (Fsp3) is 0.320. The van der Waals surface area contributed by atoms with Crippen LogP contribution < -0.4 is 5.32 Å². The van der Waals surface area contributed by atoms with Crippen molar-refractivity contribution in [2.75, 3.05) is 19.7 Å². The minimum absolute atomic E-state index is 0.0218. The molecular formula is C25H28N2O5. The topological polar surface area (TPSA) is 95.9 Å². The van der Waals surface area contributed by atoms with E-state index in [9.17, 15) is 14.4 Å². The van der Waals surface area contributed by atoms with Crippen LogP contribution in [0.2, 0.25) is 0 Å². The highest BCUT2D eigenvalue weighted by molar-refractivity contribution is 5.86. The summed E-state index contributed by atoms with van der Waals surface area (Å²) in [5.74, 6) is -1.50. The van der Waals surface area contributed by atoms with E-state index in [1.807, 2.05) is 55.5 Å². The van der Waals surface area contributed by atoms with E-state index in [1.54, 1.807) is 6.08 Å². The standard InChI is InChI=1S/C25H28N2O5/c1-3-15-27(4-2)24(30)22(13-14-23(28)29)26-25(31)32-16-21-19-11-7-5-9-17(19)18-10-6-8-12-20(18)21/h3,5-12,21-22H,1,4,13-16H2,2H3,(H,26,31)(H,28,29).